The van der Waals surface area contributed by atoms with Gasteiger partial charge in [0, 0.05) is 19.1 Å². The van der Waals surface area contributed by atoms with Gasteiger partial charge in [0.15, 0.2) is 0 Å². The molecule has 1 amide bonds. The number of hydrogen-bond donors (Lipinski definition) is 0. The molecular weight excluding hydrogens is 248 g/mol. The zero-order valence-corrected chi connectivity index (χ0v) is 13.3. The van der Waals surface area contributed by atoms with E-state index in [1.165, 1.54) is 5.56 Å². The van der Waals surface area contributed by atoms with Crippen LogP contribution in [0.25, 0.3) is 0 Å². The molecule has 1 heterocycles. The van der Waals surface area contributed by atoms with Crippen LogP contribution in [-0.4, -0.2) is 48.9 Å². The predicted octanol–water partition coefficient (Wildman–Crippen LogP) is 2.44. The van der Waals surface area contributed by atoms with Crippen molar-refractivity contribution in [2.75, 3.05) is 27.2 Å². The summed E-state index contributed by atoms with van der Waals surface area (Å²) >= 11 is 0. The first kappa shape index (κ1) is 15.0. The molecule has 1 saturated heterocycles. The lowest BCUT2D eigenvalue weighted by atomic mass is 9.83. The van der Waals surface area contributed by atoms with Crippen LogP contribution in [0.4, 0.5) is 0 Å². The minimum Gasteiger partial charge on any atom is -0.340 e. The quantitative estimate of drug-likeness (QED) is 0.845. The Morgan fingerprint density at radius 2 is 1.85 bits per heavy atom. The zero-order chi connectivity index (χ0) is 14.9. The van der Waals surface area contributed by atoms with Crippen molar-refractivity contribution in [2.45, 2.75) is 38.6 Å². The topological polar surface area (TPSA) is 23.6 Å². The van der Waals surface area contributed by atoms with E-state index in [0.29, 0.717) is 6.04 Å². The monoisotopic (exact) mass is 274 g/mol. The Bertz CT molecular complexity index is 476. The lowest BCUT2D eigenvalue weighted by Gasteiger charge is -2.30. The smallest absolute Gasteiger partial charge is 0.232 e. The molecule has 0 unspecified atom stereocenters. The number of hydrogen-bond acceptors (Lipinski definition) is 2. The van der Waals surface area contributed by atoms with Gasteiger partial charge in [0.05, 0.1) is 5.41 Å². The molecule has 0 spiro atoms. The lowest BCUT2D eigenvalue weighted by Crippen LogP contribution is -2.43. The molecule has 1 aromatic carbocycles. The van der Waals surface area contributed by atoms with Crippen molar-refractivity contribution in [1.82, 2.24) is 9.80 Å². The van der Waals surface area contributed by atoms with Gasteiger partial charge < -0.3 is 9.80 Å². The molecule has 1 aromatic rings. The fourth-order valence-corrected chi connectivity index (χ4v) is 2.84. The molecule has 0 aliphatic carbocycles. The summed E-state index contributed by atoms with van der Waals surface area (Å²) in [6, 6.07) is 8.81. The number of rotatable bonds is 3. The van der Waals surface area contributed by atoms with Crippen molar-refractivity contribution in [3.8, 4) is 0 Å². The van der Waals surface area contributed by atoms with Crippen molar-refractivity contribution < 1.29 is 4.79 Å². The molecule has 110 valence electrons. The standard InChI is InChI=1S/C17H26N2O/c1-13-6-8-14(9-7-13)17(2,3)16(20)19-11-10-15(12-19)18(4)5/h6-9,15H,10-12H2,1-5H3/t15-/m1/s1. The Hall–Kier alpha value is -1.35. The third kappa shape index (κ3) is 2.88. The van der Waals surface area contributed by atoms with E-state index < -0.39 is 5.41 Å². The van der Waals surface area contributed by atoms with E-state index in [-0.39, 0.29) is 5.91 Å². The average Bonchev–Trinajstić information content (AvgIpc) is 2.88. The number of carbonyl (C=O) groups is 1. The Labute approximate surface area is 122 Å². The highest BCUT2D eigenvalue weighted by atomic mass is 16.2. The van der Waals surface area contributed by atoms with E-state index in [9.17, 15) is 4.79 Å². The first-order valence-corrected chi connectivity index (χ1v) is 7.35. The fourth-order valence-electron chi connectivity index (χ4n) is 2.84. The van der Waals surface area contributed by atoms with Crippen molar-refractivity contribution in [2.24, 2.45) is 0 Å². The minimum absolute atomic E-state index is 0.241. The molecule has 1 aliphatic rings. The van der Waals surface area contributed by atoms with E-state index in [1.54, 1.807) is 0 Å². The molecule has 3 heteroatoms. The van der Waals surface area contributed by atoms with Gasteiger partial charge in [-0.05, 0) is 46.9 Å². The Kier molecular flexibility index (Phi) is 4.19. The van der Waals surface area contributed by atoms with Crippen molar-refractivity contribution in [1.29, 1.82) is 0 Å². The van der Waals surface area contributed by atoms with E-state index in [2.05, 4.69) is 50.2 Å². The van der Waals surface area contributed by atoms with Crippen molar-refractivity contribution >= 4 is 5.91 Å². The SMILES string of the molecule is Cc1ccc(C(C)(C)C(=O)N2CC[C@@H](N(C)C)C2)cc1. The van der Waals surface area contributed by atoms with Crippen LogP contribution in [-0.2, 0) is 10.2 Å². The third-order valence-corrected chi connectivity index (χ3v) is 4.49. The summed E-state index contributed by atoms with van der Waals surface area (Å²) in [4.78, 5) is 17.1. The second-order valence-electron chi connectivity index (χ2n) is 6.65. The molecule has 1 fully saturated rings. The Morgan fingerprint density at radius 3 is 2.35 bits per heavy atom. The number of amides is 1. The normalized spacial score (nSPS) is 19.7. The van der Waals surface area contributed by atoms with E-state index >= 15 is 0 Å². The van der Waals surface area contributed by atoms with Gasteiger partial charge in [0.25, 0.3) is 0 Å². The van der Waals surface area contributed by atoms with Crippen molar-refractivity contribution in [3.63, 3.8) is 0 Å². The Balaban J connectivity index is 2.13. The van der Waals surface area contributed by atoms with Crippen LogP contribution in [0.1, 0.15) is 31.4 Å². The van der Waals surface area contributed by atoms with Gasteiger partial charge in [-0.2, -0.15) is 0 Å². The zero-order valence-electron chi connectivity index (χ0n) is 13.3. The summed E-state index contributed by atoms with van der Waals surface area (Å²) in [6.45, 7) is 7.85. The fraction of sp³-hybridized carbons (Fsp3) is 0.588. The van der Waals surface area contributed by atoms with Crippen LogP contribution in [0, 0.1) is 6.92 Å². The number of nitrogens with zero attached hydrogens (tertiary/aromatic N) is 2. The molecule has 0 aromatic heterocycles. The van der Waals surface area contributed by atoms with Crippen molar-refractivity contribution in [3.05, 3.63) is 35.4 Å². The van der Waals surface area contributed by atoms with Crippen LogP contribution in [0.2, 0.25) is 0 Å². The van der Waals surface area contributed by atoms with Gasteiger partial charge in [-0.15, -0.1) is 0 Å². The largest absolute Gasteiger partial charge is 0.340 e. The first-order chi connectivity index (χ1) is 9.32. The maximum absolute atomic E-state index is 12.8. The summed E-state index contributed by atoms with van der Waals surface area (Å²) in [5.41, 5.74) is 1.88. The molecule has 0 radical (unpaired) electrons. The first-order valence-electron chi connectivity index (χ1n) is 7.35. The minimum atomic E-state index is -0.450. The summed E-state index contributed by atoms with van der Waals surface area (Å²) < 4.78 is 0. The highest BCUT2D eigenvalue weighted by molar-refractivity contribution is 5.87. The third-order valence-electron chi connectivity index (χ3n) is 4.49. The molecule has 0 N–H and O–H groups in total. The molecule has 1 atom stereocenters. The van der Waals surface area contributed by atoms with E-state index in [4.69, 9.17) is 0 Å². The molecule has 2 rings (SSSR count). The molecule has 20 heavy (non-hydrogen) atoms. The van der Waals surface area contributed by atoms with Gasteiger partial charge in [-0.1, -0.05) is 29.8 Å². The number of benzene rings is 1. The average molecular weight is 274 g/mol. The summed E-state index contributed by atoms with van der Waals surface area (Å²) in [7, 11) is 4.17. The highest BCUT2D eigenvalue weighted by Gasteiger charge is 2.37. The number of carbonyl (C=O) groups excluding carboxylic acids is 1. The molecular formula is C17H26N2O. The van der Waals surface area contributed by atoms with E-state index in [0.717, 1.165) is 25.1 Å². The van der Waals surface area contributed by atoms with Crippen LogP contribution in [0.5, 0.6) is 0 Å². The van der Waals surface area contributed by atoms with Crippen LogP contribution < -0.4 is 0 Å². The van der Waals surface area contributed by atoms with Gasteiger partial charge in [0.1, 0.15) is 0 Å². The molecule has 1 aliphatic heterocycles. The predicted molar refractivity (Wildman–Crippen MR) is 82.9 cm³/mol. The summed E-state index contributed by atoms with van der Waals surface area (Å²) in [5, 5.41) is 0. The summed E-state index contributed by atoms with van der Waals surface area (Å²) in [5.74, 6) is 0.241. The maximum atomic E-state index is 12.8. The second-order valence-corrected chi connectivity index (χ2v) is 6.65. The number of aryl methyl sites for hydroxylation is 1. The maximum Gasteiger partial charge on any atom is 0.232 e. The van der Waals surface area contributed by atoms with Crippen LogP contribution in [0.15, 0.2) is 24.3 Å². The molecule has 0 bridgehead atoms. The highest BCUT2D eigenvalue weighted by Crippen LogP contribution is 2.28. The van der Waals surface area contributed by atoms with Crippen LogP contribution in [0.3, 0.4) is 0 Å². The molecule has 3 nitrogen and oxygen atoms in total. The summed E-state index contributed by atoms with van der Waals surface area (Å²) in [6.07, 6.45) is 1.07. The lowest BCUT2D eigenvalue weighted by molar-refractivity contribution is -0.135. The van der Waals surface area contributed by atoms with Crippen LogP contribution >= 0.6 is 0 Å². The van der Waals surface area contributed by atoms with Gasteiger partial charge in [-0.25, -0.2) is 0 Å². The molecule has 0 saturated carbocycles. The van der Waals surface area contributed by atoms with Gasteiger partial charge in [0.2, 0.25) is 5.91 Å². The Morgan fingerprint density at radius 1 is 1.25 bits per heavy atom. The van der Waals surface area contributed by atoms with E-state index in [1.807, 2.05) is 18.7 Å². The van der Waals surface area contributed by atoms with Gasteiger partial charge in [-0.3, -0.25) is 4.79 Å². The van der Waals surface area contributed by atoms with Gasteiger partial charge >= 0.3 is 0 Å². The number of likely N-dealkylation sites (N-methyl/N-ethyl adjacent to an activating group) is 1. The number of likely N-dealkylation sites (tertiary alicyclic amines) is 1. The second kappa shape index (κ2) is 5.57.